The number of halogens is 2. The number of hydrogen-bond acceptors (Lipinski definition) is 4. The van der Waals surface area contributed by atoms with Gasteiger partial charge >= 0.3 is 0 Å². The van der Waals surface area contributed by atoms with Gasteiger partial charge in [-0.1, -0.05) is 23.2 Å². The van der Waals surface area contributed by atoms with Crippen LogP contribution in [0.25, 0.3) is 0 Å². The number of nitrogens with one attached hydrogen (secondary N) is 1. The summed E-state index contributed by atoms with van der Waals surface area (Å²) in [6.45, 7) is 1.64. The maximum Gasteiger partial charge on any atom is 0.288 e. The highest BCUT2D eigenvalue weighted by Crippen LogP contribution is 2.30. The van der Waals surface area contributed by atoms with Crippen molar-refractivity contribution in [2.75, 3.05) is 5.32 Å². The number of pyridine rings is 1. The lowest BCUT2D eigenvalue weighted by Gasteiger charge is -2.09. The van der Waals surface area contributed by atoms with Gasteiger partial charge in [0, 0.05) is 18.0 Å². The lowest BCUT2D eigenvalue weighted by atomic mass is 10.1. The predicted molar refractivity (Wildman–Crippen MR) is 80.0 cm³/mol. The zero-order valence-electron chi connectivity index (χ0n) is 10.8. The second-order valence-electron chi connectivity index (χ2n) is 4.20. The summed E-state index contributed by atoms with van der Waals surface area (Å²) in [5.74, 6) is -0.410. The zero-order valence-corrected chi connectivity index (χ0v) is 12.3. The highest BCUT2D eigenvalue weighted by molar-refractivity contribution is 6.33. The number of nitro benzene ring substituents is 1. The number of nitrogens with zero attached hydrogens (tertiary/aromatic N) is 2. The number of amides is 1. The van der Waals surface area contributed by atoms with Crippen molar-refractivity contribution in [1.29, 1.82) is 0 Å². The topological polar surface area (TPSA) is 85.1 Å². The van der Waals surface area contributed by atoms with Crippen LogP contribution < -0.4 is 5.32 Å². The summed E-state index contributed by atoms with van der Waals surface area (Å²) in [5.41, 5.74) is 1.03. The fourth-order valence-electron chi connectivity index (χ4n) is 1.65. The molecule has 6 nitrogen and oxygen atoms in total. The van der Waals surface area contributed by atoms with E-state index in [-0.39, 0.29) is 15.9 Å². The van der Waals surface area contributed by atoms with E-state index in [1.807, 2.05) is 0 Å². The molecule has 0 saturated heterocycles. The summed E-state index contributed by atoms with van der Waals surface area (Å²) in [4.78, 5) is 26.0. The van der Waals surface area contributed by atoms with Gasteiger partial charge in [0.15, 0.2) is 0 Å². The Morgan fingerprint density at radius 3 is 2.62 bits per heavy atom. The van der Waals surface area contributed by atoms with Gasteiger partial charge in [0.05, 0.1) is 10.5 Å². The van der Waals surface area contributed by atoms with Crippen molar-refractivity contribution < 1.29 is 9.72 Å². The van der Waals surface area contributed by atoms with Crippen LogP contribution in [0.15, 0.2) is 30.5 Å². The van der Waals surface area contributed by atoms with E-state index in [1.54, 1.807) is 6.92 Å². The number of benzene rings is 1. The summed E-state index contributed by atoms with van der Waals surface area (Å²) in [6.07, 6.45) is 1.33. The molecule has 108 valence electrons. The normalized spacial score (nSPS) is 10.2. The summed E-state index contributed by atoms with van der Waals surface area (Å²) < 4.78 is 0. The third-order valence-electron chi connectivity index (χ3n) is 2.73. The van der Waals surface area contributed by atoms with Crippen molar-refractivity contribution >= 4 is 40.5 Å². The van der Waals surface area contributed by atoms with Crippen LogP contribution in [0.3, 0.4) is 0 Å². The summed E-state index contributed by atoms with van der Waals surface area (Å²) in [7, 11) is 0. The maximum atomic E-state index is 12.0. The van der Waals surface area contributed by atoms with Gasteiger partial charge in [-0.05, 0) is 30.7 Å². The van der Waals surface area contributed by atoms with Crippen LogP contribution in [-0.2, 0) is 0 Å². The number of aryl methyl sites for hydroxylation is 1. The first-order valence-electron chi connectivity index (χ1n) is 5.76. The molecule has 0 atom stereocenters. The molecule has 1 aromatic carbocycles. The highest BCUT2D eigenvalue weighted by Gasteiger charge is 2.16. The fraction of sp³-hybridized carbons (Fsp3) is 0.0769. The zero-order chi connectivity index (χ0) is 15.6. The Balaban J connectivity index is 2.27. The first-order valence-corrected chi connectivity index (χ1v) is 6.51. The van der Waals surface area contributed by atoms with Crippen molar-refractivity contribution in [3.8, 4) is 0 Å². The van der Waals surface area contributed by atoms with Gasteiger partial charge in [-0.25, -0.2) is 4.98 Å². The lowest BCUT2D eigenvalue weighted by molar-refractivity contribution is -0.384. The number of hydrogen-bond donors (Lipinski definition) is 1. The molecule has 0 bridgehead atoms. The van der Waals surface area contributed by atoms with E-state index in [1.165, 1.54) is 30.5 Å². The quantitative estimate of drug-likeness (QED) is 0.527. The second-order valence-corrected chi connectivity index (χ2v) is 4.99. The molecular weight excluding hydrogens is 317 g/mol. The molecule has 0 unspecified atom stereocenters. The van der Waals surface area contributed by atoms with Crippen LogP contribution >= 0.6 is 23.2 Å². The van der Waals surface area contributed by atoms with E-state index >= 15 is 0 Å². The molecule has 8 heteroatoms. The first kappa shape index (κ1) is 15.2. The maximum absolute atomic E-state index is 12.0. The molecule has 1 N–H and O–H groups in total. The van der Waals surface area contributed by atoms with E-state index in [0.717, 1.165) is 0 Å². The highest BCUT2D eigenvalue weighted by atomic mass is 35.5. The van der Waals surface area contributed by atoms with Gasteiger partial charge in [0.1, 0.15) is 10.2 Å². The Hall–Kier alpha value is -2.18. The van der Waals surface area contributed by atoms with Crippen LogP contribution in [-0.4, -0.2) is 15.8 Å². The third kappa shape index (κ3) is 3.48. The average molecular weight is 326 g/mol. The Morgan fingerprint density at radius 1 is 1.33 bits per heavy atom. The molecule has 1 aromatic heterocycles. The Labute approximate surface area is 129 Å². The van der Waals surface area contributed by atoms with Crippen molar-refractivity contribution in [2.45, 2.75) is 6.92 Å². The number of carbonyl (C=O) groups excluding carboxylic acids is 1. The fourth-order valence-corrected chi connectivity index (χ4v) is 1.99. The van der Waals surface area contributed by atoms with Gasteiger partial charge in [-0.3, -0.25) is 14.9 Å². The third-order valence-corrected chi connectivity index (χ3v) is 3.25. The molecule has 1 heterocycles. The minimum atomic E-state index is -0.579. The Bertz CT molecular complexity index is 717. The summed E-state index contributed by atoms with van der Waals surface area (Å²) >= 11 is 11.5. The molecule has 2 aromatic rings. The standard InChI is InChI=1S/C13H9Cl2N3O3/c1-7-4-11(18(20)21)9(14)5-10(7)17-13(19)8-2-3-12(15)16-6-8/h2-6H,1H3,(H,17,19). The number of carbonyl (C=O) groups is 1. The molecule has 0 aliphatic carbocycles. The number of nitro groups is 1. The largest absolute Gasteiger partial charge is 0.322 e. The Kier molecular flexibility index (Phi) is 4.40. The van der Waals surface area contributed by atoms with Gasteiger partial charge in [0.2, 0.25) is 0 Å². The predicted octanol–water partition coefficient (Wildman–Crippen LogP) is 3.86. The summed E-state index contributed by atoms with van der Waals surface area (Å²) in [6, 6.07) is 5.66. The molecule has 1 amide bonds. The van der Waals surface area contributed by atoms with Crippen LogP contribution in [0.1, 0.15) is 15.9 Å². The number of aromatic nitrogens is 1. The van der Waals surface area contributed by atoms with Gasteiger partial charge in [-0.2, -0.15) is 0 Å². The van der Waals surface area contributed by atoms with E-state index in [9.17, 15) is 14.9 Å². The van der Waals surface area contributed by atoms with Crippen LogP contribution in [0.2, 0.25) is 10.2 Å². The second kappa shape index (κ2) is 6.07. The van der Waals surface area contributed by atoms with E-state index in [4.69, 9.17) is 23.2 Å². The molecule has 0 radical (unpaired) electrons. The molecule has 21 heavy (non-hydrogen) atoms. The van der Waals surface area contributed by atoms with Crippen molar-refractivity contribution in [3.05, 3.63) is 61.9 Å². The minimum absolute atomic E-state index is 0.0462. The molecule has 0 aliphatic rings. The first-order chi connectivity index (χ1) is 9.88. The molecule has 0 spiro atoms. The van der Waals surface area contributed by atoms with Crippen LogP contribution in [0, 0.1) is 17.0 Å². The Morgan fingerprint density at radius 2 is 2.05 bits per heavy atom. The monoisotopic (exact) mass is 325 g/mol. The van der Waals surface area contributed by atoms with E-state index in [2.05, 4.69) is 10.3 Å². The van der Waals surface area contributed by atoms with Gasteiger partial charge in [0.25, 0.3) is 11.6 Å². The molecule has 0 fully saturated rings. The smallest absolute Gasteiger partial charge is 0.288 e. The van der Waals surface area contributed by atoms with Gasteiger partial charge in [-0.15, -0.1) is 0 Å². The van der Waals surface area contributed by atoms with E-state index < -0.39 is 10.8 Å². The lowest BCUT2D eigenvalue weighted by Crippen LogP contribution is -2.13. The van der Waals surface area contributed by atoms with Crippen molar-refractivity contribution in [2.24, 2.45) is 0 Å². The average Bonchev–Trinajstić information content (AvgIpc) is 2.42. The molecular formula is C13H9Cl2N3O3. The van der Waals surface area contributed by atoms with E-state index in [0.29, 0.717) is 16.8 Å². The molecule has 0 aliphatic heterocycles. The van der Waals surface area contributed by atoms with Crippen molar-refractivity contribution in [3.63, 3.8) is 0 Å². The molecule has 0 saturated carbocycles. The number of rotatable bonds is 3. The van der Waals surface area contributed by atoms with Crippen molar-refractivity contribution in [1.82, 2.24) is 4.98 Å². The minimum Gasteiger partial charge on any atom is -0.322 e. The summed E-state index contributed by atoms with van der Waals surface area (Å²) in [5, 5.41) is 13.6. The van der Waals surface area contributed by atoms with Crippen LogP contribution in [0.4, 0.5) is 11.4 Å². The molecule has 2 rings (SSSR count). The van der Waals surface area contributed by atoms with Crippen LogP contribution in [0.5, 0.6) is 0 Å². The van der Waals surface area contributed by atoms with Gasteiger partial charge < -0.3 is 5.32 Å². The number of anilines is 1. The SMILES string of the molecule is Cc1cc([N+](=O)[O-])c(Cl)cc1NC(=O)c1ccc(Cl)nc1.